The summed E-state index contributed by atoms with van der Waals surface area (Å²) >= 11 is 0. The quantitative estimate of drug-likeness (QED) is 0.813. The average molecular weight is 310 g/mol. The van der Waals surface area contributed by atoms with E-state index in [0.29, 0.717) is 17.4 Å². The van der Waals surface area contributed by atoms with Crippen LogP contribution < -0.4 is 10.0 Å². The third-order valence-electron chi connectivity index (χ3n) is 4.18. The molecule has 4 nitrogen and oxygen atoms in total. The molecule has 0 radical (unpaired) electrons. The fourth-order valence-corrected chi connectivity index (χ4v) is 4.48. The first-order valence-electron chi connectivity index (χ1n) is 7.66. The zero-order valence-corrected chi connectivity index (χ0v) is 14.2. The molecule has 0 spiro atoms. The summed E-state index contributed by atoms with van der Waals surface area (Å²) in [4.78, 5) is 0.417. The van der Waals surface area contributed by atoms with Crippen molar-refractivity contribution in [1.29, 1.82) is 0 Å². The first-order chi connectivity index (χ1) is 9.89. The van der Waals surface area contributed by atoms with Gasteiger partial charge in [0, 0.05) is 12.6 Å². The molecule has 2 N–H and O–H groups in total. The van der Waals surface area contributed by atoms with Crippen molar-refractivity contribution in [3.8, 4) is 0 Å². The molecule has 0 saturated heterocycles. The molecule has 21 heavy (non-hydrogen) atoms. The summed E-state index contributed by atoms with van der Waals surface area (Å²) in [6, 6.07) is 3.89. The third kappa shape index (κ3) is 3.84. The van der Waals surface area contributed by atoms with Gasteiger partial charge in [0.05, 0.1) is 4.90 Å². The Balaban J connectivity index is 2.21. The maximum Gasteiger partial charge on any atom is 0.241 e. The molecular weight excluding hydrogens is 284 g/mol. The van der Waals surface area contributed by atoms with E-state index in [9.17, 15) is 8.42 Å². The maximum absolute atomic E-state index is 12.6. The van der Waals surface area contributed by atoms with Crippen molar-refractivity contribution in [3.63, 3.8) is 0 Å². The molecule has 5 heteroatoms. The second-order valence-corrected chi connectivity index (χ2v) is 7.77. The Labute approximate surface area is 128 Å². The Morgan fingerprint density at radius 2 is 1.95 bits per heavy atom. The number of sulfonamides is 1. The predicted octanol–water partition coefficient (Wildman–Crippen LogP) is 2.49. The summed E-state index contributed by atoms with van der Waals surface area (Å²) in [5.41, 5.74) is 2.97. The number of nitrogens with one attached hydrogen (secondary N) is 2. The molecule has 2 atom stereocenters. The van der Waals surface area contributed by atoms with Crippen molar-refractivity contribution >= 4 is 10.0 Å². The van der Waals surface area contributed by atoms with E-state index in [4.69, 9.17) is 0 Å². The molecule has 1 fully saturated rings. The molecule has 1 aliphatic carbocycles. The lowest BCUT2D eigenvalue weighted by atomic mass is 10.1. The standard InChI is InChI=1S/C16H26N2O2S/c1-5-6-13-8-15(13)18-21(19,20)16-9-14(10-17-4)11(2)7-12(16)3/h7,9,13,15,17-18H,5-6,8,10H2,1-4H3. The number of aryl methyl sites for hydroxylation is 2. The molecule has 1 aromatic carbocycles. The van der Waals surface area contributed by atoms with Gasteiger partial charge in [-0.1, -0.05) is 19.4 Å². The van der Waals surface area contributed by atoms with E-state index in [0.717, 1.165) is 36.0 Å². The van der Waals surface area contributed by atoms with Crippen LogP contribution in [-0.4, -0.2) is 21.5 Å². The van der Waals surface area contributed by atoms with Crippen LogP contribution in [0.25, 0.3) is 0 Å². The zero-order valence-electron chi connectivity index (χ0n) is 13.4. The smallest absolute Gasteiger partial charge is 0.241 e. The average Bonchev–Trinajstić information content (AvgIpc) is 3.10. The molecule has 1 aromatic rings. The van der Waals surface area contributed by atoms with Gasteiger partial charge < -0.3 is 5.32 Å². The number of rotatable bonds is 7. The summed E-state index contributed by atoms with van der Waals surface area (Å²) in [6.45, 7) is 6.69. The molecule has 0 aromatic heterocycles. The first-order valence-corrected chi connectivity index (χ1v) is 9.14. The van der Waals surface area contributed by atoms with Crippen molar-refractivity contribution in [2.75, 3.05) is 7.05 Å². The highest BCUT2D eigenvalue weighted by molar-refractivity contribution is 7.89. The van der Waals surface area contributed by atoms with E-state index < -0.39 is 10.0 Å². The molecule has 0 heterocycles. The summed E-state index contributed by atoms with van der Waals surface area (Å²) in [6.07, 6.45) is 3.19. The molecule has 2 unspecified atom stereocenters. The van der Waals surface area contributed by atoms with Crippen molar-refractivity contribution in [3.05, 3.63) is 28.8 Å². The topological polar surface area (TPSA) is 58.2 Å². The lowest BCUT2D eigenvalue weighted by molar-refractivity contribution is 0.572. The molecule has 0 amide bonds. The fraction of sp³-hybridized carbons (Fsp3) is 0.625. The Morgan fingerprint density at radius 1 is 1.24 bits per heavy atom. The zero-order chi connectivity index (χ0) is 15.6. The van der Waals surface area contributed by atoms with Crippen molar-refractivity contribution in [2.45, 2.75) is 57.5 Å². The van der Waals surface area contributed by atoms with E-state index in [2.05, 4.69) is 17.0 Å². The second-order valence-electron chi connectivity index (χ2n) is 6.09. The van der Waals surface area contributed by atoms with Crippen molar-refractivity contribution in [2.24, 2.45) is 5.92 Å². The van der Waals surface area contributed by atoms with Gasteiger partial charge in [0.25, 0.3) is 0 Å². The largest absolute Gasteiger partial charge is 0.316 e. The normalized spacial score (nSPS) is 21.5. The highest BCUT2D eigenvalue weighted by Crippen LogP contribution is 2.36. The van der Waals surface area contributed by atoms with E-state index in [1.54, 1.807) is 6.07 Å². The highest BCUT2D eigenvalue weighted by atomic mass is 32.2. The van der Waals surface area contributed by atoms with Crippen LogP contribution in [0.15, 0.2) is 17.0 Å². The minimum atomic E-state index is -3.41. The van der Waals surface area contributed by atoms with Crippen LogP contribution in [0.2, 0.25) is 0 Å². The van der Waals surface area contributed by atoms with Crippen LogP contribution in [-0.2, 0) is 16.6 Å². The fourth-order valence-electron chi connectivity index (χ4n) is 2.89. The Hall–Kier alpha value is -0.910. The maximum atomic E-state index is 12.6. The first kappa shape index (κ1) is 16.5. The summed E-state index contributed by atoms with van der Waals surface area (Å²) in [7, 11) is -1.55. The van der Waals surface area contributed by atoms with Gasteiger partial charge in [0.1, 0.15) is 0 Å². The minimum Gasteiger partial charge on any atom is -0.316 e. The summed E-state index contributed by atoms with van der Waals surface area (Å²) in [5.74, 6) is 0.521. The van der Waals surface area contributed by atoms with Crippen LogP contribution in [0.1, 0.15) is 42.9 Å². The number of hydrogen-bond acceptors (Lipinski definition) is 3. The van der Waals surface area contributed by atoms with Gasteiger partial charge in [-0.2, -0.15) is 0 Å². The molecular formula is C16H26N2O2S. The molecule has 1 saturated carbocycles. The van der Waals surface area contributed by atoms with Crippen molar-refractivity contribution in [1.82, 2.24) is 10.0 Å². The van der Waals surface area contributed by atoms with Gasteiger partial charge in [-0.05, 0) is 62.4 Å². The molecule has 0 aliphatic heterocycles. The van der Waals surface area contributed by atoms with E-state index in [1.165, 1.54) is 0 Å². The van der Waals surface area contributed by atoms with Gasteiger partial charge in [0.15, 0.2) is 0 Å². The van der Waals surface area contributed by atoms with Gasteiger partial charge in [-0.15, -0.1) is 0 Å². The van der Waals surface area contributed by atoms with Gasteiger partial charge in [-0.25, -0.2) is 13.1 Å². The van der Waals surface area contributed by atoms with Crippen molar-refractivity contribution < 1.29 is 8.42 Å². The number of hydrogen-bond donors (Lipinski definition) is 2. The van der Waals surface area contributed by atoms with E-state index >= 15 is 0 Å². The molecule has 0 bridgehead atoms. The Kier molecular flexibility index (Phi) is 5.07. The number of benzene rings is 1. The molecule has 1 aliphatic rings. The molecule has 118 valence electrons. The van der Waals surface area contributed by atoms with Gasteiger partial charge in [0.2, 0.25) is 10.0 Å². The lowest BCUT2D eigenvalue weighted by Crippen LogP contribution is -2.28. The predicted molar refractivity (Wildman–Crippen MR) is 85.8 cm³/mol. The van der Waals surface area contributed by atoms with Crippen LogP contribution >= 0.6 is 0 Å². The Bertz CT molecular complexity index is 611. The Morgan fingerprint density at radius 3 is 2.57 bits per heavy atom. The lowest BCUT2D eigenvalue weighted by Gasteiger charge is -2.13. The van der Waals surface area contributed by atoms with Crippen LogP contribution in [0.4, 0.5) is 0 Å². The second kappa shape index (κ2) is 6.46. The van der Waals surface area contributed by atoms with Crippen LogP contribution in [0.3, 0.4) is 0 Å². The van der Waals surface area contributed by atoms with Crippen LogP contribution in [0, 0.1) is 19.8 Å². The highest BCUT2D eigenvalue weighted by Gasteiger charge is 2.39. The van der Waals surface area contributed by atoms with Crippen LogP contribution in [0.5, 0.6) is 0 Å². The summed E-state index contributed by atoms with van der Waals surface area (Å²) < 4.78 is 28.0. The van der Waals surface area contributed by atoms with Gasteiger partial charge in [-0.3, -0.25) is 0 Å². The SMILES string of the molecule is CCCC1CC1NS(=O)(=O)c1cc(CNC)c(C)cc1C. The third-order valence-corrected chi connectivity index (χ3v) is 5.81. The summed E-state index contributed by atoms with van der Waals surface area (Å²) in [5, 5.41) is 3.08. The van der Waals surface area contributed by atoms with Gasteiger partial charge >= 0.3 is 0 Å². The monoisotopic (exact) mass is 310 g/mol. The van der Waals surface area contributed by atoms with E-state index in [-0.39, 0.29) is 6.04 Å². The molecule has 2 rings (SSSR count). The van der Waals surface area contributed by atoms with E-state index in [1.807, 2.05) is 27.0 Å². The minimum absolute atomic E-state index is 0.128.